The number of hydrogen-bond acceptors (Lipinski definition) is 3. The van der Waals surface area contributed by atoms with Crippen molar-refractivity contribution in [2.75, 3.05) is 40.0 Å². The van der Waals surface area contributed by atoms with Crippen LogP contribution in [0.2, 0.25) is 0 Å². The van der Waals surface area contributed by atoms with E-state index in [9.17, 15) is 0 Å². The fraction of sp³-hybridized carbons (Fsp3) is 1.00. The zero-order valence-corrected chi connectivity index (χ0v) is 11.6. The highest BCUT2D eigenvalue weighted by atomic mass is 16.5. The van der Waals surface area contributed by atoms with Gasteiger partial charge in [0.1, 0.15) is 0 Å². The van der Waals surface area contributed by atoms with Crippen LogP contribution >= 0.6 is 0 Å². The average molecular weight is 231 g/mol. The molecule has 0 aliphatic rings. The summed E-state index contributed by atoms with van der Waals surface area (Å²) >= 11 is 0. The summed E-state index contributed by atoms with van der Waals surface area (Å²) in [6, 6.07) is 0. The van der Waals surface area contributed by atoms with Crippen LogP contribution in [0.1, 0.15) is 34.1 Å². The summed E-state index contributed by atoms with van der Waals surface area (Å²) in [5.41, 5.74) is 0.381. The lowest BCUT2D eigenvalue weighted by Crippen LogP contribution is -2.31. The fourth-order valence-electron chi connectivity index (χ4n) is 1.18. The number of methoxy groups -OCH3 is 1. The van der Waals surface area contributed by atoms with Gasteiger partial charge < -0.3 is 14.8 Å². The summed E-state index contributed by atoms with van der Waals surface area (Å²) in [7, 11) is 1.72. The van der Waals surface area contributed by atoms with E-state index in [-0.39, 0.29) is 0 Å². The summed E-state index contributed by atoms with van der Waals surface area (Å²) in [4.78, 5) is 0. The molecule has 0 aromatic rings. The van der Waals surface area contributed by atoms with Gasteiger partial charge in [0.2, 0.25) is 0 Å². The van der Waals surface area contributed by atoms with E-state index < -0.39 is 0 Å². The van der Waals surface area contributed by atoms with Crippen molar-refractivity contribution in [2.24, 2.45) is 11.3 Å². The minimum atomic E-state index is 0.381. The van der Waals surface area contributed by atoms with Gasteiger partial charge in [-0.25, -0.2) is 0 Å². The molecule has 0 heterocycles. The van der Waals surface area contributed by atoms with Crippen LogP contribution in [0.25, 0.3) is 0 Å². The highest BCUT2D eigenvalue weighted by Gasteiger charge is 2.18. The molecule has 0 aliphatic heterocycles. The lowest BCUT2D eigenvalue weighted by Gasteiger charge is -2.27. The molecule has 0 aromatic carbocycles. The Bertz CT molecular complexity index is 155. The molecule has 0 fully saturated rings. The molecular weight excluding hydrogens is 202 g/mol. The predicted molar refractivity (Wildman–Crippen MR) is 68.8 cm³/mol. The topological polar surface area (TPSA) is 30.5 Å². The Hall–Kier alpha value is -0.120. The van der Waals surface area contributed by atoms with Crippen molar-refractivity contribution < 1.29 is 9.47 Å². The van der Waals surface area contributed by atoms with Gasteiger partial charge in [0.15, 0.2) is 0 Å². The summed E-state index contributed by atoms with van der Waals surface area (Å²) in [5, 5.41) is 3.43. The molecule has 1 atom stereocenters. The van der Waals surface area contributed by atoms with Crippen LogP contribution < -0.4 is 5.32 Å². The smallest absolute Gasteiger partial charge is 0.0590 e. The normalized spacial score (nSPS) is 14.1. The Morgan fingerprint density at radius 3 is 2.38 bits per heavy atom. The van der Waals surface area contributed by atoms with Gasteiger partial charge in [0.05, 0.1) is 6.61 Å². The lowest BCUT2D eigenvalue weighted by molar-refractivity contribution is 0.103. The molecule has 3 nitrogen and oxygen atoms in total. The summed E-state index contributed by atoms with van der Waals surface area (Å²) in [5.74, 6) is 0.681. The first-order valence-corrected chi connectivity index (χ1v) is 6.26. The summed E-state index contributed by atoms with van der Waals surface area (Å²) in [6.45, 7) is 13.5. The summed E-state index contributed by atoms with van der Waals surface area (Å²) < 4.78 is 10.4. The van der Waals surface area contributed by atoms with Crippen molar-refractivity contribution in [3.63, 3.8) is 0 Å². The molecule has 3 heteroatoms. The molecule has 1 N–H and O–H groups in total. The monoisotopic (exact) mass is 231 g/mol. The van der Waals surface area contributed by atoms with Gasteiger partial charge in [-0.3, -0.25) is 0 Å². The average Bonchev–Trinajstić information content (AvgIpc) is 2.20. The highest BCUT2D eigenvalue weighted by Crippen LogP contribution is 2.24. The van der Waals surface area contributed by atoms with Crippen molar-refractivity contribution >= 4 is 0 Å². The Balaban J connectivity index is 3.21. The Morgan fingerprint density at radius 2 is 1.81 bits per heavy atom. The highest BCUT2D eigenvalue weighted by molar-refractivity contribution is 4.71. The van der Waals surface area contributed by atoms with Crippen LogP contribution in [0.15, 0.2) is 0 Å². The standard InChI is InChI=1S/C13H29NO2/c1-12(13(2,3)4)11-14-7-10-16-9-6-8-15-5/h12,14H,6-11H2,1-5H3. The zero-order valence-electron chi connectivity index (χ0n) is 11.6. The Kier molecular flexibility index (Phi) is 8.90. The Morgan fingerprint density at radius 1 is 1.12 bits per heavy atom. The summed E-state index contributed by atoms with van der Waals surface area (Å²) in [6.07, 6.45) is 0.981. The van der Waals surface area contributed by atoms with Gasteiger partial charge in [0, 0.05) is 26.9 Å². The maximum absolute atomic E-state index is 5.46. The molecule has 0 saturated carbocycles. The van der Waals surface area contributed by atoms with Crippen LogP contribution in [0.5, 0.6) is 0 Å². The minimum Gasteiger partial charge on any atom is -0.385 e. The minimum absolute atomic E-state index is 0.381. The molecule has 0 bridgehead atoms. The molecule has 0 amide bonds. The van der Waals surface area contributed by atoms with E-state index in [1.807, 2.05) is 0 Å². The molecule has 0 rings (SSSR count). The quantitative estimate of drug-likeness (QED) is 0.618. The molecule has 0 radical (unpaired) electrons. The van der Waals surface area contributed by atoms with Crippen molar-refractivity contribution in [2.45, 2.75) is 34.1 Å². The van der Waals surface area contributed by atoms with Gasteiger partial charge in [-0.05, 0) is 24.3 Å². The van der Waals surface area contributed by atoms with E-state index in [1.165, 1.54) is 0 Å². The molecule has 0 aromatic heterocycles. The maximum Gasteiger partial charge on any atom is 0.0590 e. The van der Waals surface area contributed by atoms with Crippen molar-refractivity contribution in [1.82, 2.24) is 5.32 Å². The van der Waals surface area contributed by atoms with E-state index >= 15 is 0 Å². The molecule has 98 valence electrons. The zero-order chi connectivity index (χ0) is 12.4. The second-order valence-corrected chi connectivity index (χ2v) is 5.43. The Labute approximate surface area is 101 Å². The van der Waals surface area contributed by atoms with Crippen LogP contribution in [0, 0.1) is 11.3 Å². The van der Waals surface area contributed by atoms with Crippen molar-refractivity contribution in [3.05, 3.63) is 0 Å². The molecule has 0 aliphatic carbocycles. The van der Waals surface area contributed by atoms with E-state index in [0.717, 1.165) is 39.3 Å². The lowest BCUT2D eigenvalue weighted by atomic mass is 9.82. The number of hydrogen-bond donors (Lipinski definition) is 1. The van der Waals surface area contributed by atoms with E-state index in [2.05, 4.69) is 33.0 Å². The number of rotatable bonds is 9. The van der Waals surface area contributed by atoms with Gasteiger partial charge in [-0.15, -0.1) is 0 Å². The second kappa shape index (κ2) is 8.97. The SMILES string of the molecule is COCCCOCCNCC(C)C(C)(C)C. The predicted octanol–water partition coefficient (Wildman–Crippen LogP) is 2.31. The largest absolute Gasteiger partial charge is 0.385 e. The molecule has 16 heavy (non-hydrogen) atoms. The fourth-order valence-corrected chi connectivity index (χ4v) is 1.18. The van der Waals surface area contributed by atoms with Crippen molar-refractivity contribution in [1.29, 1.82) is 0 Å². The second-order valence-electron chi connectivity index (χ2n) is 5.43. The molecular formula is C13H29NO2. The van der Waals surface area contributed by atoms with E-state index in [4.69, 9.17) is 9.47 Å². The van der Waals surface area contributed by atoms with Gasteiger partial charge >= 0.3 is 0 Å². The molecule has 0 saturated heterocycles. The third-order valence-electron chi connectivity index (χ3n) is 2.99. The van der Waals surface area contributed by atoms with Gasteiger partial charge in [-0.1, -0.05) is 27.7 Å². The first kappa shape index (κ1) is 15.9. The first-order valence-electron chi connectivity index (χ1n) is 6.26. The van der Waals surface area contributed by atoms with Crippen LogP contribution in [0.3, 0.4) is 0 Å². The molecule has 0 spiro atoms. The third kappa shape index (κ3) is 9.13. The van der Waals surface area contributed by atoms with Gasteiger partial charge in [0.25, 0.3) is 0 Å². The van der Waals surface area contributed by atoms with Crippen LogP contribution in [-0.2, 0) is 9.47 Å². The van der Waals surface area contributed by atoms with E-state index in [1.54, 1.807) is 7.11 Å². The van der Waals surface area contributed by atoms with Gasteiger partial charge in [-0.2, -0.15) is 0 Å². The van der Waals surface area contributed by atoms with Crippen molar-refractivity contribution in [3.8, 4) is 0 Å². The third-order valence-corrected chi connectivity index (χ3v) is 2.99. The molecule has 1 unspecified atom stereocenters. The first-order chi connectivity index (χ1) is 7.48. The number of nitrogens with one attached hydrogen (secondary N) is 1. The van der Waals surface area contributed by atoms with E-state index in [0.29, 0.717) is 11.3 Å². The maximum atomic E-state index is 5.46. The van der Waals surface area contributed by atoms with Crippen LogP contribution in [0.4, 0.5) is 0 Å². The van der Waals surface area contributed by atoms with Crippen LogP contribution in [-0.4, -0.2) is 40.0 Å². The number of ether oxygens (including phenoxy) is 2.